The maximum absolute atomic E-state index is 11.0. The van der Waals surface area contributed by atoms with Gasteiger partial charge in [0, 0.05) is 12.1 Å². The van der Waals surface area contributed by atoms with E-state index in [1.807, 2.05) is 23.9 Å². The second-order valence-electron chi connectivity index (χ2n) is 2.41. The molecule has 1 rings (SSSR count). The summed E-state index contributed by atoms with van der Waals surface area (Å²) < 4.78 is 6.54. The molecule has 13 heavy (non-hydrogen) atoms. The fraction of sp³-hybridized carbons (Fsp3) is 0.333. The molecule has 0 saturated heterocycles. The average Bonchev–Trinajstić information content (AvgIpc) is 2.17. The van der Waals surface area contributed by atoms with Crippen LogP contribution in [0.3, 0.4) is 0 Å². The molecule has 0 aliphatic heterocycles. The molecule has 0 aliphatic carbocycles. The van der Waals surface area contributed by atoms with Crippen molar-refractivity contribution in [2.24, 2.45) is 0 Å². The number of esters is 1. The van der Waals surface area contributed by atoms with Crippen molar-refractivity contribution in [3.63, 3.8) is 0 Å². The smallest absolute Gasteiger partial charge is 0.338 e. The minimum absolute atomic E-state index is 0. The third kappa shape index (κ3) is 3.30. The Hall–Kier alpha value is -0.650. The van der Waals surface area contributed by atoms with Gasteiger partial charge in [-0.2, -0.15) is 0 Å². The van der Waals surface area contributed by atoms with Crippen LogP contribution in [0, 0.1) is 0 Å². The first-order valence-electron chi connectivity index (χ1n) is 3.85. The first-order valence-corrected chi connectivity index (χ1v) is 3.85. The van der Waals surface area contributed by atoms with E-state index in [1.54, 1.807) is 12.1 Å². The molecule has 0 aromatic carbocycles. The van der Waals surface area contributed by atoms with Gasteiger partial charge in [0.25, 0.3) is 0 Å². The molecule has 0 unspecified atom stereocenters. The number of aryl methyl sites for hydroxylation is 1. The molecule has 0 atom stereocenters. The molecule has 0 amide bonds. The molecule has 72 valence electrons. The van der Waals surface area contributed by atoms with Gasteiger partial charge in [0.15, 0.2) is 12.4 Å². The highest BCUT2D eigenvalue weighted by molar-refractivity contribution is 14.0. The molecule has 0 saturated carbocycles. The Morgan fingerprint density at radius 1 is 1.46 bits per heavy atom. The zero-order valence-corrected chi connectivity index (χ0v) is 10.0. The van der Waals surface area contributed by atoms with E-state index in [4.69, 9.17) is 0 Å². The van der Waals surface area contributed by atoms with E-state index in [0.717, 1.165) is 6.54 Å². The van der Waals surface area contributed by atoms with E-state index in [-0.39, 0.29) is 29.9 Å². The molecule has 0 radical (unpaired) electrons. The third-order valence-corrected chi connectivity index (χ3v) is 1.68. The normalized spacial score (nSPS) is 8.77. The van der Waals surface area contributed by atoms with Gasteiger partial charge in [0.05, 0.1) is 12.7 Å². The van der Waals surface area contributed by atoms with Gasteiger partial charge in [-0.05, 0) is 6.92 Å². The number of nitrogens with zero attached hydrogens (tertiary/aromatic N) is 1. The maximum Gasteiger partial charge on any atom is 0.338 e. The van der Waals surface area contributed by atoms with E-state index in [0.29, 0.717) is 5.56 Å². The summed E-state index contributed by atoms with van der Waals surface area (Å²) in [6, 6.07) is 3.49. The number of hydrogen-bond acceptors (Lipinski definition) is 2. The highest BCUT2D eigenvalue weighted by atomic mass is 127. The number of hydrogen-bond donors (Lipinski definition) is 0. The van der Waals surface area contributed by atoms with Crippen molar-refractivity contribution < 1.29 is 14.1 Å². The zero-order valence-electron chi connectivity index (χ0n) is 7.69. The Balaban J connectivity index is 0.00000144. The van der Waals surface area contributed by atoms with Crippen molar-refractivity contribution >= 4 is 29.9 Å². The van der Waals surface area contributed by atoms with E-state index >= 15 is 0 Å². The highest BCUT2D eigenvalue weighted by Crippen LogP contribution is 1.96. The SMILES string of the molecule is CC[n+]1ccc(C(=O)OC)cc1.I. The summed E-state index contributed by atoms with van der Waals surface area (Å²) in [5, 5.41) is 0. The Labute approximate surface area is 94.7 Å². The molecular formula is C9H13INO2+. The Morgan fingerprint density at radius 3 is 2.38 bits per heavy atom. The summed E-state index contributed by atoms with van der Waals surface area (Å²) in [5.74, 6) is -0.293. The third-order valence-electron chi connectivity index (χ3n) is 1.68. The van der Waals surface area contributed by atoms with Crippen LogP contribution >= 0.6 is 24.0 Å². The Kier molecular flexibility index (Phi) is 5.61. The van der Waals surface area contributed by atoms with Crippen LogP contribution in [0.15, 0.2) is 24.5 Å². The Morgan fingerprint density at radius 2 is 2.00 bits per heavy atom. The number of methoxy groups -OCH3 is 1. The summed E-state index contributed by atoms with van der Waals surface area (Å²) >= 11 is 0. The summed E-state index contributed by atoms with van der Waals surface area (Å²) in [6.07, 6.45) is 3.71. The first kappa shape index (κ1) is 12.3. The van der Waals surface area contributed by atoms with Crippen molar-refractivity contribution in [1.29, 1.82) is 0 Å². The van der Waals surface area contributed by atoms with E-state index in [9.17, 15) is 4.79 Å². The monoisotopic (exact) mass is 294 g/mol. The molecule has 1 heterocycles. The fourth-order valence-electron chi connectivity index (χ4n) is 0.922. The van der Waals surface area contributed by atoms with E-state index in [1.165, 1.54) is 7.11 Å². The van der Waals surface area contributed by atoms with Gasteiger partial charge in [0.2, 0.25) is 0 Å². The average molecular weight is 294 g/mol. The summed E-state index contributed by atoms with van der Waals surface area (Å²) in [4.78, 5) is 11.0. The molecule has 1 aromatic heterocycles. The van der Waals surface area contributed by atoms with E-state index < -0.39 is 0 Å². The second kappa shape index (κ2) is 5.90. The van der Waals surface area contributed by atoms with Gasteiger partial charge in [0.1, 0.15) is 6.54 Å². The molecule has 4 heteroatoms. The topological polar surface area (TPSA) is 30.2 Å². The van der Waals surface area contributed by atoms with Gasteiger partial charge in [-0.25, -0.2) is 9.36 Å². The van der Waals surface area contributed by atoms with Crippen LogP contribution in [-0.4, -0.2) is 13.1 Å². The number of pyridine rings is 1. The van der Waals surface area contributed by atoms with Crippen LogP contribution in [0.4, 0.5) is 0 Å². The zero-order chi connectivity index (χ0) is 8.97. The van der Waals surface area contributed by atoms with Gasteiger partial charge < -0.3 is 4.74 Å². The number of rotatable bonds is 2. The molecule has 0 spiro atoms. The van der Waals surface area contributed by atoms with Crippen LogP contribution in [0.2, 0.25) is 0 Å². The second-order valence-corrected chi connectivity index (χ2v) is 2.41. The molecule has 0 fully saturated rings. The molecule has 3 nitrogen and oxygen atoms in total. The minimum Gasteiger partial charge on any atom is -0.465 e. The number of aromatic nitrogens is 1. The van der Waals surface area contributed by atoms with Crippen molar-refractivity contribution in [3.05, 3.63) is 30.1 Å². The number of carbonyl (C=O) groups excluding carboxylic acids is 1. The summed E-state index contributed by atoms with van der Waals surface area (Å²) in [5.41, 5.74) is 0.585. The highest BCUT2D eigenvalue weighted by Gasteiger charge is 2.05. The fourth-order valence-corrected chi connectivity index (χ4v) is 0.922. The summed E-state index contributed by atoms with van der Waals surface area (Å²) in [7, 11) is 1.38. The maximum atomic E-state index is 11.0. The van der Waals surface area contributed by atoms with Crippen molar-refractivity contribution in [1.82, 2.24) is 0 Å². The summed E-state index contributed by atoms with van der Waals surface area (Å²) in [6.45, 7) is 2.94. The predicted molar refractivity (Wildman–Crippen MR) is 59.1 cm³/mol. The predicted octanol–water partition coefficient (Wildman–Crippen LogP) is 1.40. The minimum atomic E-state index is -0.293. The van der Waals surface area contributed by atoms with Crippen LogP contribution in [0.25, 0.3) is 0 Å². The van der Waals surface area contributed by atoms with E-state index in [2.05, 4.69) is 4.74 Å². The van der Waals surface area contributed by atoms with Gasteiger partial charge in [-0.15, -0.1) is 24.0 Å². The van der Waals surface area contributed by atoms with Crippen LogP contribution < -0.4 is 4.57 Å². The van der Waals surface area contributed by atoms with Crippen LogP contribution in [0.1, 0.15) is 17.3 Å². The van der Waals surface area contributed by atoms with Crippen molar-refractivity contribution in [3.8, 4) is 0 Å². The number of halogens is 1. The molecule has 0 bridgehead atoms. The lowest BCUT2D eigenvalue weighted by molar-refractivity contribution is -0.693. The lowest BCUT2D eigenvalue weighted by Crippen LogP contribution is -2.31. The lowest BCUT2D eigenvalue weighted by atomic mass is 10.3. The molecule has 0 aliphatic rings. The standard InChI is InChI=1S/C9H12NO2.HI/c1-3-10-6-4-8(5-7-10)9(11)12-2;/h4-7H,3H2,1-2H3;1H/q+1;. The number of ether oxygens (including phenoxy) is 1. The quantitative estimate of drug-likeness (QED) is 0.469. The van der Waals surface area contributed by atoms with Gasteiger partial charge >= 0.3 is 5.97 Å². The first-order chi connectivity index (χ1) is 5.77. The molecule has 1 aromatic rings. The molecule has 0 N–H and O–H groups in total. The van der Waals surface area contributed by atoms with Gasteiger partial charge in [-0.1, -0.05) is 0 Å². The lowest BCUT2D eigenvalue weighted by Gasteiger charge is -1.96. The van der Waals surface area contributed by atoms with Crippen molar-refractivity contribution in [2.45, 2.75) is 13.5 Å². The number of carbonyl (C=O) groups is 1. The van der Waals surface area contributed by atoms with Crippen LogP contribution in [-0.2, 0) is 11.3 Å². The Bertz CT molecular complexity index is 271. The van der Waals surface area contributed by atoms with Crippen molar-refractivity contribution in [2.75, 3.05) is 7.11 Å². The van der Waals surface area contributed by atoms with Gasteiger partial charge in [-0.3, -0.25) is 0 Å². The molecular weight excluding hydrogens is 281 g/mol. The largest absolute Gasteiger partial charge is 0.465 e. The van der Waals surface area contributed by atoms with Crippen LogP contribution in [0.5, 0.6) is 0 Å².